The number of piperidine rings is 1. The minimum Gasteiger partial charge on any atom is -0.504 e. The Morgan fingerprint density at radius 1 is 1.20 bits per heavy atom. The topological polar surface area (TPSA) is 73.2 Å². The summed E-state index contributed by atoms with van der Waals surface area (Å²) in [6, 6.07) is 7.18. The Bertz CT molecular complexity index is 1490. The Balaban J connectivity index is 1.23. The fourth-order valence-corrected chi connectivity index (χ4v) is 7.44. The number of amides is 1. The third-order valence-corrected chi connectivity index (χ3v) is 9.61. The fourth-order valence-electron chi connectivity index (χ4n) is 7.44. The number of carbonyl (C=O) groups is 1. The number of nitrogens with zero attached hydrogens (tertiary/aromatic N) is 2. The Labute approximate surface area is 230 Å². The molecule has 6 nitrogen and oxygen atoms in total. The van der Waals surface area contributed by atoms with Crippen molar-refractivity contribution in [1.82, 2.24) is 9.80 Å². The summed E-state index contributed by atoms with van der Waals surface area (Å²) < 4.78 is 45.1. The summed E-state index contributed by atoms with van der Waals surface area (Å²) in [4.78, 5) is 17.1. The van der Waals surface area contributed by atoms with Crippen LogP contribution in [0.4, 0.5) is 13.2 Å². The van der Waals surface area contributed by atoms with Crippen molar-refractivity contribution < 1.29 is 32.9 Å². The van der Waals surface area contributed by atoms with Crippen LogP contribution < -0.4 is 4.74 Å². The molecule has 1 amide bonds. The highest BCUT2D eigenvalue weighted by Crippen LogP contribution is 2.64. The first kappa shape index (κ1) is 25.5. The average molecular weight is 551 g/mol. The smallest absolute Gasteiger partial charge is 0.416 e. The van der Waals surface area contributed by atoms with Gasteiger partial charge < -0.3 is 19.8 Å². The SMILES string of the molecule is CN(C(=O)C#Cc1ccc(C(F)(F)F)cc1)[C@@H]1C=C[C@@]2(O)[C@H]3Cc4ccc(O)c5c4[C@@]2(CCN3CC2CC2)[C@H]1O5. The maximum Gasteiger partial charge on any atom is 0.416 e. The van der Waals surface area contributed by atoms with Crippen LogP contribution in [-0.4, -0.2) is 69.8 Å². The first-order valence-electron chi connectivity index (χ1n) is 13.7. The second-order valence-corrected chi connectivity index (χ2v) is 11.8. The van der Waals surface area contributed by atoms with Gasteiger partial charge in [0, 0.05) is 36.7 Å². The number of halogens is 3. The van der Waals surface area contributed by atoms with Crippen LogP contribution in [0.1, 0.15) is 41.5 Å². The number of phenols is 1. The number of likely N-dealkylation sites (tertiary alicyclic amines) is 1. The highest BCUT2D eigenvalue weighted by Gasteiger charge is 2.72. The van der Waals surface area contributed by atoms with Gasteiger partial charge in [-0.2, -0.15) is 13.2 Å². The van der Waals surface area contributed by atoms with Crippen LogP contribution in [0, 0.1) is 17.8 Å². The molecule has 2 aromatic carbocycles. The van der Waals surface area contributed by atoms with Crippen LogP contribution in [0.15, 0.2) is 48.6 Å². The van der Waals surface area contributed by atoms with Crippen molar-refractivity contribution in [3.63, 3.8) is 0 Å². The maximum atomic E-state index is 13.2. The largest absolute Gasteiger partial charge is 0.504 e. The van der Waals surface area contributed by atoms with Gasteiger partial charge in [-0.15, -0.1) is 0 Å². The molecule has 9 heteroatoms. The molecule has 7 rings (SSSR count). The number of likely N-dealkylation sites (N-methyl/N-ethyl adjacent to an activating group) is 1. The van der Waals surface area contributed by atoms with E-state index in [4.69, 9.17) is 4.74 Å². The predicted molar refractivity (Wildman–Crippen MR) is 140 cm³/mol. The second-order valence-electron chi connectivity index (χ2n) is 11.8. The lowest BCUT2D eigenvalue weighted by Gasteiger charge is -2.62. The van der Waals surface area contributed by atoms with Gasteiger partial charge in [-0.25, -0.2) is 0 Å². The maximum absolute atomic E-state index is 13.2. The molecule has 1 saturated heterocycles. The summed E-state index contributed by atoms with van der Waals surface area (Å²) >= 11 is 0. The van der Waals surface area contributed by atoms with Gasteiger partial charge in [0.05, 0.1) is 17.0 Å². The van der Waals surface area contributed by atoms with Crippen molar-refractivity contribution in [2.24, 2.45) is 5.92 Å². The zero-order valence-electron chi connectivity index (χ0n) is 21.9. The highest BCUT2D eigenvalue weighted by molar-refractivity contribution is 5.94. The lowest BCUT2D eigenvalue weighted by Crippen LogP contribution is -2.76. The molecule has 0 aromatic heterocycles. The molecular weight excluding hydrogens is 521 g/mol. The van der Waals surface area contributed by atoms with E-state index in [1.807, 2.05) is 18.2 Å². The van der Waals surface area contributed by atoms with Gasteiger partial charge in [0.2, 0.25) is 0 Å². The summed E-state index contributed by atoms with van der Waals surface area (Å²) in [6.07, 6.45) is 2.23. The minimum absolute atomic E-state index is 0.0126. The summed E-state index contributed by atoms with van der Waals surface area (Å²) in [5.74, 6) is 5.74. The van der Waals surface area contributed by atoms with E-state index < -0.39 is 40.8 Å². The van der Waals surface area contributed by atoms with E-state index in [-0.39, 0.29) is 11.8 Å². The Morgan fingerprint density at radius 2 is 1.95 bits per heavy atom. The normalized spacial score (nSPS) is 31.6. The molecule has 2 aromatic rings. The molecule has 2 heterocycles. The third-order valence-electron chi connectivity index (χ3n) is 9.61. The molecule has 208 valence electrons. The Kier molecular flexibility index (Phi) is 5.42. The second kappa shape index (κ2) is 8.51. The number of aliphatic hydroxyl groups is 1. The number of benzene rings is 2. The number of alkyl halides is 3. The predicted octanol–water partition coefficient (Wildman–Crippen LogP) is 3.63. The number of aromatic hydroxyl groups is 1. The molecule has 40 heavy (non-hydrogen) atoms. The number of hydrogen-bond donors (Lipinski definition) is 2. The van der Waals surface area contributed by atoms with Crippen LogP contribution in [0.5, 0.6) is 11.5 Å². The van der Waals surface area contributed by atoms with Gasteiger partial charge in [0.1, 0.15) is 11.7 Å². The molecular formula is C31H29F3N2O4. The van der Waals surface area contributed by atoms with Crippen molar-refractivity contribution >= 4 is 5.91 Å². The number of hydrogen-bond acceptors (Lipinski definition) is 5. The van der Waals surface area contributed by atoms with E-state index in [0.29, 0.717) is 30.1 Å². The van der Waals surface area contributed by atoms with Crippen LogP contribution in [0.3, 0.4) is 0 Å². The van der Waals surface area contributed by atoms with E-state index in [2.05, 4.69) is 16.7 Å². The molecule has 0 radical (unpaired) electrons. The zero-order valence-corrected chi connectivity index (χ0v) is 21.9. The van der Waals surface area contributed by atoms with Crippen molar-refractivity contribution in [1.29, 1.82) is 0 Å². The molecule has 2 fully saturated rings. The zero-order chi connectivity index (χ0) is 28.0. The highest BCUT2D eigenvalue weighted by atomic mass is 19.4. The van der Waals surface area contributed by atoms with Crippen LogP contribution in [0.25, 0.3) is 0 Å². The number of phenolic OH excluding ortho intramolecular Hbond substituents is 1. The van der Waals surface area contributed by atoms with E-state index in [0.717, 1.165) is 36.3 Å². The molecule has 2 N–H and O–H groups in total. The quantitative estimate of drug-likeness (QED) is 0.451. The first-order chi connectivity index (χ1) is 19.0. The third kappa shape index (κ3) is 3.55. The lowest BCUT2D eigenvalue weighted by molar-refractivity contribution is -0.154. The number of ether oxygens (including phenoxy) is 1. The van der Waals surface area contributed by atoms with E-state index in [9.17, 15) is 28.2 Å². The van der Waals surface area contributed by atoms with Crippen molar-refractivity contribution in [3.8, 4) is 23.3 Å². The summed E-state index contributed by atoms with van der Waals surface area (Å²) in [5, 5.41) is 23.2. The van der Waals surface area contributed by atoms with E-state index >= 15 is 0 Å². The van der Waals surface area contributed by atoms with Crippen LogP contribution in [0.2, 0.25) is 0 Å². The van der Waals surface area contributed by atoms with E-state index in [1.165, 1.54) is 29.9 Å². The van der Waals surface area contributed by atoms with Gasteiger partial charge in [0.15, 0.2) is 11.5 Å². The summed E-state index contributed by atoms with van der Waals surface area (Å²) in [5.41, 5.74) is -0.671. The fraction of sp³-hybridized carbons (Fsp3) is 0.452. The first-order valence-corrected chi connectivity index (χ1v) is 13.7. The van der Waals surface area contributed by atoms with Gasteiger partial charge in [0.25, 0.3) is 5.91 Å². The van der Waals surface area contributed by atoms with Crippen LogP contribution in [-0.2, 0) is 22.8 Å². The van der Waals surface area contributed by atoms with Gasteiger partial charge >= 0.3 is 6.18 Å². The molecule has 5 atom stereocenters. The van der Waals surface area contributed by atoms with E-state index in [1.54, 1.807) is 13.1 Å². The molecule has 0 unspecified atom stereocenters. The molecule has 3 aliphatic carbocycles. The standard InChI is InChI=1S/C31H29F3N2O4/c1-35(25(38)11-6-18-4-8-21(9-5-18)31(32,33)34)22-12-13-30(39)24-16-20-7-10-23(37)27-26(20)29(30,28(22)40-27)14-15-36(24)17-19-2-3-19/h4-5,7-10,12-13,19,22,24,28,37,39H,2-3,14-17H2,1H3/t22-,24-,28+,29+,30-/m1/s1. The Morgan fingerprint density at radius 3 is 2.65 bits per heavy atom. The van der Waals surface area contributed by atoms with Crippen LogP contribution >= 0.6 is 0 Å². The van der Waals surface area contributed by atoms with Crippen molar-refractivity contribution in [3.05, 3.63) is 70.8 Å². The van der Waals surface area contributed by atoms with Crippen molar-refractivity contribution in [2.45, 2.75) is 61.1 Å². The number of rotatable bonds is 3. The molecule has 1 spiro atoms. The monoisotopic (exact) mass is 550 g/mol. The summed E-state index contributed by atoms with van der Waals surface area (Å²) in [7, 11) is 1.61. The van der Waals surface area contributed by atoms with Gasteiger partial charge in [-0.05, 0) is 74.0 Å². The Hall–Kier alpha value is -3.48. The van der Waals surface area contributed by atoms with Gasteiger partial charge in [-0.3, -0.25) is 9.69 Å². The minimum atomic E-state index is -4.45. The van der Waals surface area contributed by atoms with Gasteiger partial charge in [-0.1, -0.05) is 24.1 Å². The summed E-state index contributed by atoms with van der Waals surface area (Å²) in [6.45, 7) is 1.73. The lowest BCUT2D eigenvalue weighted by atomic mass is 9.50. The molecule has 2 aliphatic heterocycles. The molecule has 5 aliphatic rings. The van der Waals surface area contributed by atoms with Crippen molar-refractivity contribution in [2.75, 3.05) is 20.1 Å². The molecule has 2 bridgehead atoms. The molecule has 1 saturated carbocycles. The number of carbonyl (C=O) groups excluding carboxylic acids is 1. The average Bonchev–Trinajstić information content (AvgIpc) is 3.67.